The van der Waals surface area contributed by atoms with Gasteiger partial charge in [-0.2, -0.15) is 13.2 Å². The average Bonchev–Trinajstić information content (AvgIpc) is 2.61. The molecule has 0 bridgehead atoms. The van der Waals surface area contributed by atoms with Crippen molar-refractivity contribution in [2.24, 2.45) is 0 Å². The Hall–Kier alpha value is -2.38. The van der Waals surface area contributed by atoms with E-state index < -0.39 is 11.9 Å². The third-order valence-electron chi connectivity index (χ3n) is 4.56. The van der Waals surface area contributed by atoms with Crippen LogP contribution in [0.5, 0.6) is 0 Å². The molecule has 0 amide bonds. The predicted molar refractivity (Wildman–Crippen MR) is 89.6 cm³/mol. The van der Waals surface area contributed by atoms with Gasteiger partial charge in [-0.15, -0.1) is 0 Å². The molecule has 1 saturated heterocycles. The number of pyridine rings is 1. The van der Waals surface area contributed by atoms with Crippen molar-refractivity contribution in [2.75, 3.05) is 29.9 Å². The molecule has 0 spiro atoms. The minimum Gasteiger partial charge on any atom is -0.371 e. The number of aromatic nitrogens is 3. The van der Waals surface area contributed by atoms with Crippen molar-refractivity contribution < 1.29 is 13.2 Å². The lowest BCUT2D eigenvalue weighted by Crippen LogP contribution is -2.44. The molecular formula is C17H20F3N5. The van der Waals surface area contributed by atoms with Gasteiger partial charge in [0.15, 0.2) is 0 Å². The first-order valence-corrected chi connectivity index (χ1v) is 8.14. The molecule has 1 aliphatic rings. The Kier molecular flexibility index (Phi) is 4.78. The molecule has 25 heavy (non-hydrogen) atoms. The van der Waals surface area contributed by atoms with Crippen LogP contribution in [0.3, 0.4) is 0 Å². The van der Waals surface area contributed by atoms with Crippen LogP contribution >= 0.6 is 0 Å². The van der Waals surface area contributed by atoms with Crippen molar-refractivity contribution in [3.05, 3.63) is 42.1 Å². The normalized spacial score (nSPS) is 16.1. The van der Waals surface area contributed by atoms with Gasteiger partial charge >= 0.3 is 6.18 Å². The summed E-state index contributed by atoms with van der Waals surface area (Å²) >= 11 is 0. The van der Waals surface area contributed by atoms with E-state index >= 15 is 0 Å². The molecule has 1 aliphatic heterocycles. The van der Waals surface area contributed by atoms with Gasteiger partial charge in [0.05, 0.1) is 0 Å². The molecular weight excluding hydrogens is 331 g/mol. The topological polar surface area (TPSA) is 45.2 Å². The average molecular weight is 351 g/mol. The van der Waals surface area contributed by atoms with Crippen LogP contribution in [-0.2, 0) is 6.18 Å². The van der Waals surface area contributed by atoms with Crippen LogP contribution in [0.1, 0.15) is 24.2 Å². The molecule has 2 aromatic rings. The van der Waals surface area contributed by atoms with Crippen LogP contribution in [0.4, 0.5) is 24.7 Å². The van der Waals surface area contributed by atoms with Gasteiger partial charge in [0, 0.05) is 49.8 Å². The molecule has 0 radical (unpaired) electrons. The highest BCUT2D eigenvalue weighted by Gasteiger charge is 2.33. The molecule has 0 atom stereocenters. The first kappa shape index (κ1) is 17.4. The second-order valence-electron chi connectivity index (χ2n) is 6.24. The lowest BCUT2D eigenvalue weighted by Gasteiger charge is -2.38. The number of hydrogen-bond acceptors (Lipinski definition) is 5. The molecule has 0 N–H and O–H groups in total. The van der Waals surface area contributed by atoms with Crippen LogP contribution in [0.25, 0.3) is 0 Å². The molecule has 0 saturated carbocycles. The summed E-state index contributed by atoms with van der Waals surface area (Å²) in [4.78, 5) is 15.9. The Morgan fingerprint density at radius 3 is 2.48 bits per heavy atom. The molecule has 0 unspecified atom stereocenters. The summed E-state index contributed by atoms with van der Waals surface area (Å²) in [7, 11) is 2.00. The summed E-state index contributed by atoms with van der Waals surface area (Å²) in [6, 6.07) is 4.99. The minimum absolute atomic E-state index is 0.300. The molecule has 1 fully saturated rings. The number of nitrogens with zero attached hydrogens (tertiary/aromatic N) is 5. The third kappa shape index (κ3) is 4.00. The Morgan fingerprint density at radius 1 is 1.12 bits per heavy atom. The van der Waals surface area contributed by atoms with Crippen molar-refractivity contribution in [2.45, 2.75) is 32.0 Å². The van der Waals surface area contributed by atoms with E-state index in [1.807, 2.05) is 24.9 Å². The molecule has 5 nitrogen and oxygen atoms in total. The van der Waals surface area contributed by atoms with E-state index in [1.54, 1.807) is 12.4 Å². The smallest absolute Gasteiger partial charge is 0.371 e. The Bertz CT molecular complexity index is 726. The molecule has 3 heterocycles. The van der Waals surface area contributed by atoms with Crippen LogP contribution in [0, 0.1) is 6.92 Å². The lowest BCUT2D eigenvalue weighted by molar-refractivity contribution is -0.141. The SMILES string of the molecule is Cc1cc(N(C)C2CCN(c3ccnc(C(F)(F)F)c3)CC2)ncn1. The summed E-state index contributed by atoms with van der Waals surface area (Å²) in [6.45, 7) is 3.31. The summed E-state index contributed by atoms with van der Waals surface area (Å²) in [6.07, 6.45) is 0.0534. The fourth-order valence-corrected chi connectivity index (χ4v) is 3.10. The highest BCUT2D eigenvalue weighted by atomic mass is 19.4. The van der Waals surface area contributed by atoms with E-state index in [9.17, 15) is 13.2 Å². The molecule has 134 valence electrons. The lowest BCUT2D eigenvalue weighted by atomic mass is 10.0. The zero-order valence-corrected chi connectivity index (χ0v) is 14.2. The molecule has 0 aromatic carbocycles. The fourth-order valence-electron chi connectivity index (χ4n) is 3.10. The van der Waals surface area contributed by atoms with E-state index in [0.29, 0.717) is 24.8 Å². The van der Waals surface area contributed by atoms with E-state index in [1.165, 1.54) is 6.20 Å². The second kappa shape index (κ2) is 6.85. The van der Waals surface area contributed by atoms with Crippen molar-refractivity contribution >= 4 is 11.5 Å². The summed E-state index contributed by atoms with van der Waals surface area (Å²) < 4.78 is 38.5. The third-order valence-corrected chi connectivity index (χ3v) is 4.56. The molecule has 2 aromatic heterocycles. The summed E-state index contributed by atoms with van der Waals surface area (Å²) in [5.74, 6) is 0.870. The van der Waals surface area contributed by atoms with E-state index in [-0.39, 0.29) is 0 Å². The first-order valence-electron chi connectivity index (χ1n) is 8.14. The number of anilines is 2. The van der Waals surface area contributed by atoms with E-state index in [2.05, 4.69) is 19.9 Å². The van der Waals surface area contributed by atoms with Crippen LogP contribution in [0.15, 0.2) is 30.7 Å². The zero-order valence-electron chi connectivity index (χ0n) is 14.2. The first-order chi connectivity index (χ1) is 11.8. The van der Waals surface area contributed by atoms with Crippen LogP contribution in [-0.4, -0.2) is 41.1 Å². The van der Waals surface area contributed by atoms with Gasteiger partial charge in [0.1, 0.15) is 17.8 Å². The molecule has 8 heteroatoms. The van der Waals surface area contributed by atoms with Crippen LogP contribution in [0.2, 0.25) is 0 Å². The monoisotopic (exact) mass is 351 g/mol. The quantitative estimate of drug-likeness (QED) is 0.849. The van der Waals surface area contributed by atoms with Crippen molar-refractivity contribution in [3.63, 3.8) is 0 Å². The Balaban J connectivity index is 1.66. The van der Waals surface area contributed by atoms with Crippen molar-refractivity contribution in [3.8, 4) is 0 Å². The van der Waals surface area contributed by atoms with Gasteiger partial charge in [0.25, 0.3) is 0 Å². The van der Waals surface area contributed by atoms with E-state index in [0.717, 1.165) is 30.4 Å². The summed E-state index contributed by atoms with van der Waals surface area (Å²) in [5.41, 5.74) is 0.632. The molecule has 0 aliphatic carbocycles. The predicted octanol–water partition coefficient (Wildman–Crippen LogP) is 3.30. The van der Waals surface area contributed by atoms with Gasteiger partial charge in [0.2, 0.25) is 0 Å². The summed E-state index contributed by atoms with van der Waals surface area (Å²) in [5, 5.41) is 0. The fraction of sp³-hybridized carbons (Fsp3) is 0.471. The maximum atomic E-state index is 12.8. The highest BCUT2D eigenvalue weighted by molar-refractivity contribution is 5.48. The van der Waals surface area contributed by atoms with Crippen LogP contribution < -0.4 is 9.80 Å². The molecule has 3 rings (SSSR count). The largest absolute Gasteiger partial charge is 0.433 e. The number of halogens is 3. The Labute approximate surface area is 144 Å². The second-order valence-corrected chi connectivity index (χ2v) is 6.24. The highest BCUT2D eigenvalue weighted by Crippen LogP contribution is 2.31. The number of hydrogen-bond donors (Lipinski definition) is 0. The van der Waals surface area contributed by atoms with Gasteiger partial charge in [-0.3, -0.25) is 4.98 Å². The number of piperidine rings is 1. The Morgan fingerprint density at radius 2 is 1.84 bits per heavy atom. The van der Waals surface area contributed by atoms with Gasteiger partial charge in [-0.1, -0.05) is 0 Å². The zero-order chi connectivity index (χ0) is 18.0. The maximum absolute atomic E-state index is 12.8. The van der Waals surface area contributed by atoms with E-state index in [4.69, 9.17) is 0 Å². The minimum atomic E-state index is -4.42. The number of aryl methyl sites for hydroxylation is 1. The maximum Gasteiger partial charge on any atom is 0.433 e. The number of rotatable bonds is 3. The van der Waals surface area contributed by atoms with Crippen molar-refractivity contribution in [1.82, 2.24) is 15.0 Å². The van der Waals surface area contributed by atoms with Gasteiger partial charge < -0.3 is 9.80 Å². The van der Waals surface area contributed by atoms with Gasteiger partial charge in [-0.05, 0) is 31.9 Å². The standard InChI is InChI=1S/C17H20F3N5/c1-12-9-16(23-11-22-12)24(2)13-4-7-25(8-5-13)14-3-6-21-15(10-14)17(18,19)20/h3,6,9-11,13H,4-5,7-8H2,1-2H3. The van der Waals surface area contributed by atoms with Gasteiger partial charge in [-0.25, -0.2) is 9.97 Å². The number of alkyl halides is 3. The van der Waals surface area contributed by atoms with Crippen molar-refractivity contribution in [1.29, 1.82) is 0 Å².